The van der Waals surface area contributed by atoms with Crippen LogP contribution in [0.25, 0.3) is 0 Å². The summed E-state index contributed by atoms with van der Waals surface area (Å²) in [6.07, 6.45) is 6.53. The van der Waals surface area contributed by atoms with E-state index >= 15 is 0 Å². The molecule has 3 heterocycles. The van der Waals surface area contributed by atoms with Gasteiger partial charge in [0.25, 0.3) is 5.91 Å². The van der Waals surface area contributed by atoms with Gasteiger partial charge in [0.2, 0.25) is 11.8 Å². The normalized spacial score (nSPS) is 20.9. The van der Waals surface area contributed by atoms with E-state index < -0.39 is 11.9 Å². The van der Waals surface area contributed by atoms with Crippen molar-refractivity contribution in [2.45, 2.75) is 50.4 Å². The lowest BCUT2D eigenvalue weighted by molar-refractivity contribution is -0.134. The SMILES string of the molecule is COc1nc(N)ncc1C(=O)NC1CC2CCC(C1)N2Cc1ccc(F)cc1.O=C(O)C=CC(=O)O. The minimum Gasteiger partial charge on any atom is -0.480 e. The first-order valence-electron chi connectivity index (χ1n) is 11.3. The number of halogens is 1. The lowest BCUT2D eigenvalue weighted by atomic mass is 9.96. The number of nitrogens with one attached hydrogen (secondary N) is 1. The minimum absolute atomic E-state index is 0.0699. The lowest BCUT2D eigenvalue weighted by Gasteiger charge is -2.39. The quantitative estimate of drug-likeness (QED) is 0.411. The van der Waals surface area contributed by atoms with Crippen LogP contribution in [0.2, 0.25) is 0 Å². The number of hydrogen-bond donors (Lipinski definition) is 4. The number of methoxy groups -OCH3 is 1. The molecule has 36 heavy (non-hydrogen) atoms. The molecule has 192 valence electrons. The summed E-state index contributed by atoms with van der Waals surface area (Å²) in [7, 11) is 1.45. The summed E-state index contributed by atoms with van der Waals surface area (Å²) >= 11 is 0. The van der Waals surface area contributed by atoms with Crippen molar-refractivity contribution < 1.29 is 33.7 Å². The highest BCUT2D eigenvalue weighted by molar-refractivity contribution is 5.96. The van der Waals surface area contributed by atoms with E-state index in [4.69, 9.17) is 20.7 Å². The lowest BCUT2D eigenvalue weighted by Crippen LogP contribution is -2.50. The molecule has 2 aliphatic rings. The zero-order chi connectivity index (χ0) is 26.2. The number of fused-ring (bicyclic) bond motifs is 2. The highest BCUT2D eigenvalue weighted by Crippen LogP contribution is 2.37. The molecule has 11 nitrogen and oxygen atoms in total. The second kappa shape index (κ2) is 12.1. The van der Waals surface area contributed by atoms with Gasteiger partial charge in [-0.3, -0.25) is 9.69 Å². The molecule has 1 aromatic heterocycles. The number of carboxylic acids is 2. The van der Waals surface area contributed by atoms with Crippen LogP contribution < -0.4 is 15.8 Å². The van der Waals surface area contributed by atoms with Crippen molar-refractivity contribution in [3.05, 3.63) is 59.6 Å². The summed E-state index contributed by atoms with van der Waals surface area (Å²) in [5.74, 6) is -2.72. The number of rotatable bonds is 7. The van der Waals surface area contributed by atoms with Crippen LogP contribution in [0.5, 0.6) is 5.88 Å². The summed E-state index contributed by atoms with van der Waals surface area (Å²) in [6.45, 7) is 0.815. The molecule has 1 amide bonds. The number of amides is 1. The maximum Gasteiger partial charge on any atom is 0.328 e. The van der Waals surface area contributed by atoms with E-state index in [9.17, 15) is 18.8 Å². The molecule has 0 spiro atoms. The largest absolute Gasteiger partial charge is 0.480 e. The molecular weight excluding hydrogens is 473 g/mol. The minimum atomic E-state index is -1.26. The zero-order valence-corrected chi connectivity index (χ0v) is 19.6. The molecule has 5 N–H and O–H groups in total. The molecule has 0 radical (unpaired) electrons. The van der Waals surface area contributed by atoms with Gasteiger partial charge in [-0.2, -0.15) is 4.98 Å². The fraction of sp³-hybridized carbons (Fsp3) is 0.375. The number of aromatic nitrogens is 2. The van der Waals surface area contributed by atoms with Crippen LogP contribution in [-0.4, -0.2) is 68.2 Å². The Balaban J connectivity index is 0.000000392. The van der Waals surface area contributed by atoms with Gasteiger partial charge < -0.3 is 26.0 Å². The monoisotopic (exact) mass is 501 g/mol. The maximum absolute atomic E-state index is 13.1. The van der Waals surface area contributed by atoms with Crippen molar-refractivity contribution in [2.75, 3.05) is 12.8 Å². The summed E-state index contributed by atoms with van der Waals surface area (Å²) < 4.78 is 18.3. The number of carbonyl (C=O) groups is 3. The van der Waals surface area contributed by atoms with Gasteiger partial charge in [-0.05, 0) is 43.4 Å². The average Bonchev–Trinajstić information content (AvgIpc) is 3.06. The van der Waals surface area contributed by atoms with Crippen molar-refractivity contribution >= 4 is 23.8 Å². The van der Waals surface area contributed by atoms with Crippen molar-refractivity contribution in [3.63, 3.8) is 0 Å². The third-order valence-electron chi connectivity index (χ3n) is 6.08. The van der Waals surface area contributed by atoms with Gasteiger partial charge in [0.1, 0.15) is 11.4 Å². The van der Waals surface area contributed by atoms with E-state index in [2.05, 4.69) is 20.2 Å². The molecule has 2 saturated heterocycles. The number of carbonyl (C=O) groups excluding carboxylic acids is 1. The fourth-order valence-corrected chi connectivity index (χ4v) is 4.55. The van der Waals surface area contributed by atoms with E-state index in [1.807, 2.05) is 12.1 Å². The Morgan fingerprint density at radius 3 is 2.25 bits per heavy atom. The van der Waals surface area contributed by atoms with Crippen LogP contribution in [-0.2, 0) is 16.1 Å². The van der Waals surface area contributed by atoms with Gasteiger partial charge in [-0.15, -0.1) is 0 Å². The van der Waals surface area contributed by atoms with E-state index in [0.717, 1.165) is 37.8 Å². The molecule has 4 rings (SSSR count). The number of carboxylic acid groups (broad SMARTS) is 2. The van der Waals surface area contributed by atoms with Crippen LogP contribution in [0, 0.1) is 5.82 Å². The van der Waals surface area contributed by atoms with Crippen molar-refractivity contribution in [1.82, 2.24) is 20.2 Å². The smallest absolute Gasteiger partial charge is 0.328 e. The van der Waals surface area contributed by atoms with Crippen LogP contribution >= 0.6 is 0 Å². The summed E-state index contributed by atoms with van der Waals surface area (Å²) in [4.78, 5) is 42.1. The average molecular weight is 502 g/mol. The topological polar surface area (TPSA) is 168 Å². The predicted molar refractivity (Wildman–Crippen MR) is 127 cm³/mol. The molecular formula is C24H28FN5O6. The van der Waals surface area contributed by atoms with Gasteiger partial charge >= 0.3 is 11.9 Å². The summed E-state index contributed by atoms with van der Waals surface area (Å²) in [5.41, 5.74) is 6.96. The number of aliphatic carboxylic acids is 2. The molecule has 2 aromatic rings. The van der Waals surface area contributed by atoms with E-state index in [1.165, 1.54) is 25.4 Å². The van der Waals surface area contributed by atoms with Gasteiger partial charge in [-0.25, -0.2) is 19.0 Å². The number of anilines is 1. The standard InChI is InChI=1S/C20H24FN5O2.C4H4O4/c1-28-19-17(10-23-20(22)25-19)18(27)24-14-8-15-6-7-16(9-14)26(15)11-12-2-4-13(21)5-3-12;5-3(6)1-2-4(7)8/h2-5,10,14-16H,6-9,11H2,1H3,(H,24,27)(H2,22,23,25);1-2H,(H,5,6)(H,7,8). The Morgan fingerprint density at radius 2 is 1.72 bits per heavy atom. The molecule has 2 bridgehead atoms. The van der Waals surface area contributed by atoms with Gasteiger partial charge in [0.05, 0.1) is 7.11 Å². The Hall–Kier alpha value is -4.06. The first kappa shape index (κ1) is 26.5. The molecule has 1 aromatic carbocycles. The number of nitrogen functional groups attached to an aromatic ring is 1. The number of benzene rings is 1. The highest BCUT2D eigenvalue weighted by atomic mass is 19.1. The van der Waals surface area contributed by atoms with Crippen LogP contribution in [0.4, 0.5) is 10.3 Å². The number of piperidine rings is 1. The molecule has 0 saturated carbocycles. The van der Waals surface area contributed by atoms with Crippen LogP contribution in [0.15, 0.2) is 42.6 Å². The van der Waals surface area contributed by atoms with Crippen molar-refractivity contribution in [1.29, 1.82) is 0 Å². The van der Waals surface area contributed by atoms with Crippen LogP contribution in [0.1, 0.15) is 41.6 Å². The second-order valence-electron chi connectivity index (χ2n) is 8.49. The van der Waals surface area contributed by atoms with E-state index in [0.29, 0.717) is 24.2 Å². The molecule has 2 fully saturated rings. The number of ether oxygens (including phenoxy) is 1. The van der Waals surface area contributed by atoms with Gasteiger partial charge in [0.15, 0.2) is 0 Å². The molecule has 2 aliphatic heterocycles. The van der Waals surface area contributed by atoms with Gasteiger partial charge in [-0.1, -0.05) is 12.1 Å². The number of nitrogens with zero attached hydrogens (tertiary/aromatic N) is 3. The second-order valence-corrected chi connectivity index (χ2v) is 8.49. The fourth-order valence-electron chi connectivity index (χ4n) is 4.55. The molecule has 12 heteroatoms. The third kappa shape index (κ3) is 7.22. The van der Waals surface area contributed by atoms with Crippen molar-refractivity contribution in [2.24, 2.45) is 0 Å². The third-order valence-corrected chi connectivity index (χ3v) is 6.08. The molecule has 2 unspecified atom stereocenters. The van der Waals surface area contributed by atoms with Crippen molar-refractivity contribution in [3.8, 4) is 5.88 Å². The molecule has 2 atom stereocenters. The first-order chi connectivity index (χ1) is 17.2. The molecule has 0 aliphatic carbocycles. The van der Waals surface area contributed by atoms with E-state index in [1.54, 1.807) is 0 Å². The summed E-state index contributed by atoms with van der Waals surface area (Å²) in [6, 6.07) is 7.62. The van der Waals surface area contributed by atoms with Crippen LogP contribution in [0.3, 0.4) is 0 Å². The summed E-state index contributed by atoms with van der Waals surface area (Å²) in [5, 5.41) is 18.7. The predicted octanol–water partition coefficient (Wildman–Crippen LogP) is 1.84. The number of nitrogens with two attached hydrogens (primary N) is 1. The Bertz CT molecular complexity index is 1100. The maximum atomic E-state index is 13.1. The number of hydrogen-bond acceptors (Lipinski definition) is 8. The first-order valence-corrected chi connectivity index (χ1v) is 11.3. The zero-order valence-electron chi connectivity index (χ0n) is 19.6. The Kier molecular flexibility index (Phi) is 8.90. The Morgan fingerprint density at radius 1 is 1.14 bits per heavy atom. The Labute approximate surface area is 206 Å². The van der Waals surface area contributed by atoms with E-state index in [-0.39, 0.29) is 35.2 Å². The van der Waals surface area contributed by atoms with Gasteiger partial charge in [0, 0.05) is 43.0 Å². The highest BCUT2D eigenvalue weighted by Gasteiger charge is 2.41.